The first-order valence-electron chi connectivity index (χ1n) is 9.04. The van der Waals surface area contributed by atoms with Gasteiger partial charge in [-0.05, 0) is 49.7 Å². The zero-order valence-corrected chi connectivity index (χ0v) is 15.9. The Morgan fingerprint density at radius 2 is 1.61 bits per heavy atom. The number of benzene rings is 2. The highest BCUT2D eigenvalue weighted by molar-refractivity contribution is 5.96. The molecule has 2 N–H and O–H groups in total. The SMILES string of the molecule is CC[C@H](C)NC(=O)COC(=O)CNC(=O)c1ccc(Oc2ccccc2)cc1. The highest BCUT2D eigenvalue weighted by Crippen LogP contribution is 2.21. The summed E-state index contributed by atoms with van der Waals surface area (Å²) in [6.07, 6.45) is 0.783. The van der Waals surface area contributed by atoms with Crippen molar-refractivity contribution in [3.63, 3.8) is 0 Å². The molecule has 0 saturated carbocycles. The molecule has 0 fully saturated rings. The molecule has 7 heteroatoms. The fourth-order valence-corrected chi connectivity index (χ4v) is 2.17. The Balaban J connectivity index is 1.75. The standard InChI is InChI=1S/C21H24N2O5/c1-3-15(2)23-19(24)14-27-20(25)13-22-21(26)16-9-11-18(12-10-16)28-17-7-5-4-6-8-17/h4-12,15H,3,13-14H2,1-2H3,(H,22,26)(H,23,24)/t15-/m0/s1. The zero-order chi connectivity index (χ0) is 20.4. The lowest BCUT2D eigenvalue weighted by Gasteiger charge is -2.11. The van der Waals surface area contributed by atoms with Gasteiger partial charge >= 0.3 is 5.97 Å². The number of hydrogen-bond acceptors (Lipinski definition) is 5. The minimum absolute atomic E-state index is 0.0137. The molecule has 0 bridgehead atoms. The Labute approximate surface area is 164 Å². The van der Waals surface area contributed by atoms with Crippen LogP contribution in [-0.4, -0.2) is 37.0 Å². The van der Waals surface area contributed by atoms with Crippen molar-refractivity contribution >= 4 is 17.8 Å². The van der Waals surface area contributed by atoms with Crippen molar-refractivity contribution in [2.24, 2.45) is 0 Å². The van der Waals surface area contributed by atoms with Crippen molar-refractivity contribution in [3.8, 4) is 11.5 Å². The molecule has 148 valence electrons. The Morgan fingerprint density at radius 1 is 0.964 bits per heavy atom. The molecule has 0 radical (unpaired) electrons. The smallest absolute Gasteiger partial charge is 0.325 e. The number of nitrogens with one attached hydrogen (secondary N) is 2. The monoisotopic (exact) mass is 384 g/mol. The maximum Gasteiger partial charge on any atom is 0.325 e. The van der Waals surface area contributed by atoms with Crippen LogP contribution in [0.15, 0.2) is 54.6 Å². The van der Waals surface area contributed by atoms with Crippen LogP contribution in [0.2, 0.25) is 0 Å². The number of hydrogen-bond donors (Lipinski definition) is 2. The average molecular weight is 384 g/mol. The molecule has 0 spiro atoms. The van der Waals surface area contributed by atoms with Gasteiger partial charge < -0.3 is 20.1 Å². The number of para-hydroxylation sites is 1. The molecule has 0 saturated heterocycles. The highest BCUT2D eigenvalue weighted by Gasteiger charge is 2.12. The van der Waals surface area contributed by atoms with Gasteiger partial charge in [0.15, 0.2) is 6.61 Å². The number of carbonyl (C=O) groups excluding carboxylic acids is 3. The Morgan fingerprint density at radius 3 is 2.25 bits per heavy atom. The van der Waals surface area contributed by atoms with Crippen molar-refractivity contribution < 1.29 is 23.9 Å². The van der Waals surface area contributed by atoms with Crippen LogP contribution in [0.4, 0.5) is 0 Å². The topological polar surface area (TPSA) is 93.7 Å². The average Bonchev–Trinajstić information content (AvgIpc) is 2.71. The first-order chi connectivity index (χ1) is 13.5. The number of esters is 1. The van der Waals surface area contributed by atoms with E-state index in [1.807, 2.05) is 44.2 Å². The lowest BCUT2D eigenvalue weighted by atomic mass is 10.2. The van der Waals surface area contributed by atoms with Crippen molar-refractivity contribution in [2.75, 3.05) is 13.2 Å². The minimum atomic E-state index is -0.684. The van der Waals surface area contributed by atoms with Gasteiger partial charge in [0, 0.05) is 11.6 Å². The number of ether oxygens (including phenoxy) is 2. The molecule has 0 aliphatic rings. The fraction of sp³-hybridized carbons (Fsp3) is 0.286. The van der Waals surface area contributed by atoms with Gasteiger partial charge in [0.2, 0.25) is 0 Å². The van der Waals surface area contributed by atoms with Gasteiger partial charge in [-0.3, -0.25) is 14.4 Å². The maximum atomic E-state index is 12.1. The number of carbonyl (C=O) groups is 3. The van der Waals surface area contributed by atoms with Gasteiger partial charge in [-0.2, -0.15) is 0 Å². The summed E-state index contributed by atoms with van der Waals surface area (Å²) in [5, 5.41) is 5.14. The van der Waals surface area contributed by atoms with Crippen LogP contribution in [0.3, 0.4) is 0 Å². The first kappa shape index (κ1) is 21.0. The highest BCUT2D eigenvalue weighted by atomic mass is 16.5. The second-order valence-electron chi connectivity index (χ2n) is 6.16. The molecule has 2 amide bonds. The molecular formula is C21H24N2O5. The number of amides is 2. The Hall–Kier alpha value is -3.35. The molecule has 1 atom stereocenters. The van der Waals surface area contributed by atoms with Crippen LogP contribution in [0.1, 0.15) is 30.6 Å². The van der Waals surface area contributed by atoms with E-state index in [2.05, 4.69) is 10.6 Å². The zero-order valence-electron chi connectivity index (χ0n) is 15.9. The lowest BCUT2D eigenvalue weighted by Crippen LogP contribution is -2.37. The largest absolute Gasteiger partial charge is 0.457 e. The number of rotatable bonds is 9. The summed E-state index contributed by atoms with van der Waals surface area (Å²) in [7, 11) is 0. The van der Waals surface area contributed by atoms with Crippen LogP contribution in [-0.2, 0) is 14.3 Å². The summed E-state index contributed by atoms with van der Waals surface area (Å²) in [5.74, 6) is -0.193. The van der Waals surface area contributed by atoms with Gasteiger partial charge in [0.25, 0.3) is 11.8 Å². The normalized spacial score (nSPS) is 11.2. The van der Waals surface area contributed by atoms with Crippen molar-refractivity contribution in [2.45, 2.75) is 26.3 Å². The third kappa shape index (κ3) is 7.11. The second-order valence-corrected chi connectivity index (χ2v) is 6.16. The summed E-state index contributed by atoms with van der Waals surface area (Å²) in [6, 6.07) is 15.8. The summed E-state index contributed by atoms with van der Waals surface area (Å²) in [4.78, 5) is 35.3. The predicted octanol–water partition coefficient (Wildman–Crippen LogP) is 2.67. The third-order valence-electron chi connectivity index (χ3n) is 3.87. The van der Waals surface area contributed by atoms with Crippen molar-refractivity contribution in [3.05, 3.63) is 60.2 Å². The Kier molecular flexibility index (Phi) is 8.02. The van der Waals surface area contributed by atoms with E-state index < -0.39 is 11.9 Å². The van der Waals surface area contributed by atoms with Crippen molar-refractivity contribution in [1.82, 2.24) is 10.6 Å². The van der Waals surface area contributed by atoms with Crippen LogP contribution in [0.25, 0.3) is 0 Å². The predicted molar refractivity (Wildman–Crippen MR) is 104 cm³/mol. The molecule has 0 unspecified atom stereocenters. The molecular weight excluding hydrogens is 360 g/mol. The van der Waals surface area contributed by atoms with Gasteiger partial charge in [-0.1, -0.05) is 25.1 Å². The molecule has 0 aliphatic heterocycles. The minimum Gasteiger partial charge on any atom is -0.457 e. The van der Waals surface area contributed by atoms with Crippen LogP contribution < -0.4 is 15.4 Å². The Bertz CT molecular complexity index is 790. The third-order valence-corrected chi connectivity index (χ3v) is 3.87. The molecule has 7 nitrogen and oxygen atoms in total. The van der Waals surface area contributed by atoms with E-state index in [0.717, 1.165) is 6.42 Å². The first-order valence-corrected chi connectivity index (χ1v) is 9.04. The van der Waals surface area contributed by atoms with Gasteiger partial charge in [0.05, 0.1) is 0 Å². The van der Waals surface area contributed by atoms with Gasteiger partial charge in [-0.25, -0.2) is 0 Å². The van der Waals surface area contributed by atoms with E-state index in [1.54, 1.807) is 24.3 Å². The molecule has 28 heavy (non-hydrogen) atoms. The molecule has 2 aromatic rings. The van der Waals surface area contributed by atoms with E-state index in [-0.39, 0.29) is 25.1 Å². The van der Waals surface area contributed by atoms with E-state index in [9.17, 15) is 14.4 Å². The molecule has 2 rings (SSSR count). The van der Waals surface area contributed by atoms with E-state index in [1.165, 1.54) is 0 Å². The fourth-order valence-electron chi connectivity index (χ4n) is 2.17. The maximum absolute atomic E-state index is 12.1. The van der Waals surface area contributed by atoms with Gasteiger partial charge in [0.1, 0.15) is 18.0 Å². The van der Waals surface area contributed by atoms with Crippen molar-refractivity contribution in [1.29, 1.82) is 0 Å². The molecule has 0 heterocycles. The van der Waals surface area contributed by atoms with E-state index in [0.29, 0.717) is 17.1 Å². The van der Waals surface area contributed by atoms with Crippen LogP contribution >= 0.6 is 0 Å². The molecule has 2 aromatic carbocycles. The summed E-state index contributed by atoms with van der Waals surface area (Å²) < 4.78 is 10.5. The lowest BCUT2D eigenvalue weighted by molar-refractivity contribution is -0.147. The molecule has 0 aromatic heterocycles. The summed E-state index contributed by atoms with van der Waals surface area (Å²) in [6.45, 7) is 3.10. The van der Waals surface area contributed by atoms with E-state index in [4.69, 9.17) is 9.47 Å². The summed E-state index contributed by atoms with van der Waals surface area (Å²) in [5.41, 5.74) is 0.378. The second kappa shape index (κ2) is 10.7. The van der Waals surface area contributed by atoms with Crippen LogP contribution in [0.5, 0.6) is 11.5 Å². The molecule has 0 aliphatic carbocycles. The van der Waals surface area contributed by atoms with E-state index >= 15 is 0 Å². The quantitative estimate of drug-likeness (QED) is 0.649. The van der Waals surface area contributed by atoms with Gasteiger partial charge in [-0.15, -0.1) is 0 Å². The van der Waals surface area contributed by atoms with Crippen LogP contribution in [0, 0.1) is 0 Å². The summed E-state index contributed by atoms with van der Waals surface area (Å²) >= 11 is 0.